The van der Waals surface area contributed by atoms with Crippen LogP contribution in [0.3, 0.4) is 0 Å². The second kappa shape index (κ2) is 11.0. The highest BCUT2D eigenvalue weighted by atomic mass is 35.5. The number of halogens is 1. The van der Waals surface area contributed by atoms with Crippen molar-refractivity contribution in [2.75, 3.05) is 13.7 Å². The molecule has 3 rings (SSSR count). The summed E-state index contributed by atoms with van der Waals surface area (Å²) in [6.45, 7) is 3.35. The first-order valence-corrected chi connectivity index (χ1v) is 11.0. The highest BCUT2D eigenvalue weighted by Crippen LogP contribution is 2.25. The number of para-hydroxylation sites is 1. The van der Waals surface area contributed by atoms with Crippen molar-refractivity contribution in [3.05, 3.63) is 74.7 Å². The Morgan fingerprint density at radius 2 is 1.88 bits per heavy atom. The average molecular weight is 475 g/mol. The van der Waals surface area contributed by atoms with Gasteiger partial charge in [-0.05, 0) is 44.2 Å². The summed E-state index contributed by atoms with van der Waals surface area (Å²) >= 11 is 7.03. The minimum Gasteiger partial charge on any atom is -0.496 e. The fraction of sp³-hybridized carbons (Fsp3) is 0.261. The van der Waals surface area contributed by atoms with Gasteiger partial charge in [0.25, 0.3) is 5.91 Å². The predicted molar refractivity (Wildman–Crippen MR) is 122 cm³/mol. The van der Waals surface area contributed by atoms with Crippen LogP contribution in [0.25, 0.3) is 0 Å². The van der Waals surface area contributed by atoms with Crippen molar-refractivity contribution in [2.24, 2.45) is 0 Å². The number of esters is 1. The van der Waals surface area contributed by atoms with Gasteiger partial charge in [0, 0.05) is 10.6 Å². The largest absolute Gasteiger partial charge is 0.496 e. The van der Waals surface area contributed by atoms with Crippen LogP contribution in [0.15, 0.2) is 48.5 Å². The zero-order valence-electron chi connectivity index (χ0n) is 17.9. The normalized spacial score (nSPS) is 11.5. The van der Waals surface area contributed by atoms with Crippen molar-refractivity contribution < 1.29 is 23.8 Å². The van der Waals surface area contributed by atoms with Gasteiger partial charge in [-0.1, -0.05) is 29.8 Å². The maximum atomic E-state index is 12.4. The molecule has 0 aliphatic heterocycles. The van der Waals surface area contributed by atoms with E-state index >= 15 is 0 Å². The summed E-state index contributed by atoms with van der Waals surface area (Å²) < 4.78 is 16.2. The molecule has 7 nitrogen and oxygen atoms in total. The molecule has 1 atom stereocenters. The van der Waals surface area contributed by atoms with Crippen LogP contribution in [0.2, 0.25) is 5.02 Å². The molecule has 3 aromatic rings. The number of rotatable bonds is 9. The second-order valence-corrected chi connectivity index (χ2v) is 8.39. The van der Waals surface area contributed by atoms with Gasteiger partial charge in [-0.3, -0.25) is 4.79 Å². The van der Waals surface area contributed by atoms with E-state index in [1.54, 1.807) is 38.3 Å². The number of amides is 1. The number of thiazole rings is 1. The first-order valence-electron chi connectivity index (χ1n) is 9.81. The highest BCUT2D eigenvalue weighted by molar-refractivity contribution is 7.13. The number of aromatic nitrogens is 1. The quantitative estimate of drug-likeness (QED) is 0.451. The van der Waals surface area contributed by atoms with Crippen molar-refractivity contribution in [1.82, 2.24) is 10.3 Å². The monoisotopic (exact) mass is 474 g/mol. The summed E-state index contributed by atoms with van der Waals surface area (Å²) in [7, 11) is 1.57. The molecule has 0 aliphatic rings. The molecule has 0 fully saturated rings. The molecule has 32 heavy (non-hydrogen) atoms. The smallest absolute Gasteiger partial charge is 0.350 e. The van der Waals surface area contributed by atoms with Gasteiger partial charge >= 0.3 is 5.97 Å². The topological polar surface area (TPSA) is 86.8 Å². The molecule has 0 saturated carbocycles. The van der Waals surface area contributed by atoms with Gasteiger partial charge in [0.15, 0.2) is 6.61 Å². The Bertz CT molecular complexity index is 1080. The molecular weight excluding hydrogens is 452 g/mol. The van der Waals surface area contributed by atoms with Crippen LogP contribution in [-0.4, -0.2) is 30.6 Å². The third-order valence-corrected chi connectivity index (χ3v) is 5.88. The van der Waals surface area contributed by atoms with Gasteiger partial charge in [-0.25, -0.2) is 9.78 Å². The van der Waals surface area contributed by atoms with Gasteiger partial charge in [0.05, 0.1) is 18.8 Å². The Kier molecular flexibility index (Phi) is 8.08. The lowest BCUT2D eigenvalue weighted by molar-refractivity contribution is -0.124. The van der Waals surface area contributed by atoms with Crippen LogP contribution in [0.5, 0.6) is 11.5 Å². The molecule has 0 aliphatic carbocycles. The van der Waals surface area contributed by atoms with E-state index in [0.29, 0.717) is 32.1 Å². The maximum absolute atomic E-state index is 12.4. The molecule has 1 heterocycles. The fourth-order valence-electron chi connectivity index (χ4n) is 2.96. The van der Waals surface area contributed by atoms with E-state index in [-0.39, 0.29) is 12.6 Å². The van der Waals surface area contributed by atoms with Crippen molar-refractivity contribution in [3.63, 3.8) is 0 Å². The van der Waals surface area contributed by atoms with E-state index in [1.807, 2.05) is 31.2 Å². The lowest BCUT2D eigenvalue weighted by atomic mass is 10.1. The number of ether oxygens (including phenoxy) is 3. The Morgan fingerprint density at radius 3 is 2.59 bits per heavy atom. The summed E-state index contributed by atoms with van der Waals surface area (Å²) in [5, 5.41) is 4.05. The van der Waals surface area contributed by atoms with E-state index in [2.05, 4.69) is 10.3 Å². The standard InChI is InChI=1S/C23H23ClN2O5S/c1-14(18-6-4-5-7-19(18)29-3)25-20(27)12-31-23(28)22-15(2)26-21(32-22)13-30-17-10-8-16(24)9-11-17/h4-11,14H,12-13H2,1-3H3,(H,25,27). The fourth-order valence-corrected chi connectivity index (χ4v) is 3.96. The summed E-state index contributed by atoms with van der Waals surface area (Å²) in [5.41, 5.74) is 1.36. The van der Waals surface area contributed by atoms with Gasteiger partial charge in [-0.2, -0.15) is 0 Å². The SMILES string of the molecule is COc1ccccc1C(C)NC(=O)COC(=O)c1sc(COc2ccc(Cl)cc2)nc1C. The van der Waals surface area contributed by atoms with Crippen LogP contribution in [-0.2, 0) is 16.1 Å². The number of benzene rings is 2. The molecule has 168 valence electrons. The minimum atomic E-state index is -0.599. The molecule has 1 unspecified atom stereocenters. The molecule has 2 aromatic carbocycles. The molecule has 0 saturated heterocycles. The van der Waals surface area contributed by atoms with Gasteiger partial charge < -0.3 is 19.5 Å². The van der Waals surface area contributed by atoms with Crippen LogP contribution in [0.4, 0.5) is 0 Å². The van der Waals surface area contributed by atoms with Crippen LogP contribution >= 0.6 is 22.9 Å². The number of carbonyl (C=O) groups is 2. The second-order valence-electron chi connectivity index (χ2n) is 6.87. The minimum absolute atomic E-state index is 0.206. The zero-order valence-corrected chi connectivity index (χ0v) is 19.5. The molecule has 9 heteroatoms. The van der Waals surface area contributed by atoms with E-state index < -0.39 is 18.5 Å². The van der Waals surface area contributed by atoms with Crippen LogP contribution < -0.4 is 14.8 Å². The van der Waals surface area contributed by atoms with Gasteiger partial charge in [-0.15, -0.1) is 11.3 Å². The van der Waals surface area contributed by atoms with Crippen molar-refractivity contribution in [2.45, 2.75) is 26.5 Å². The molecule has 0 spiro atoms. The van der Waals surface area contributed by atoms with Gasteiger partial charge in [0.2, 0.25) is 0 Å². The molecule has 1 amide bonds. The number of aryl methyl sites for hydroxylation is 1. The summed E-state index contributed by atoms with van der Waals surface area (Å²) in [6, 6.07) is 14.1. The predicted octanol–water partition coefficient (Wildman–Crippen LogP) is 4.73. The number of carbonyl (C=O) groups excluding carboxylic acids is 2. The molecule has 0 radical (unpaired) electrons. The Hall–Kier alpha value is -3.10. The number of nitrogens with one attached hydrogen (secondary N) is 1. The molecule has 1 N–H and O–H groups in total. The van der Waals surface area contributed by atoms with Crippen molar-refractivity contribution in [1.29, 1.82) is 0 Å². The first-order chi connectivity index (χ1) is 15.4. The van der Waals surface area contributed by atoms with Crippen molar-refractivity contribution in [3.8, 4) is 11.5 Å². The lowest BCUT2D eigenvalue weighted by Crippen LogP contribution is -2.31. The molecular formula is C23H23ClN2O5S. The van der Waals surface area contributed by atoms with E-state index in [9.17, 15) is 9.59 Å². The van der Waals surface area contributed by atoms with E-state index in [1.165, 1.54) is 11.3 Å². The zero-order chi connectivity index (χ0) is 23.1. The molecule has 1 aromatic heterocycles. The number of methoxy groups -OCH3 is 1. The van der Waals surface area contributed by atoms with Crippen LogP contribution in [0, 0.1) is 6.92 Å². The van der Waals surface area contributed by atoms with E-state index in [0.717, 1.165) is 5.56 Å². The number of hydrogen-bond acceptors (Lipinski definition) is 7. The maximum Gasteiger partial charge on any atom is 0.350 e. The highest BCUT2D eigenvalue weighted by Gasteiger charge is 2.19. The van der Waals surface area contributed by atoms with Crippen LogP contribution in [0.1, 0.15) is 38.9 Å². The Balaban J connectivity index is 1.52. The lowest BCUT2D eigenvalue weighted by Gasteiger charge is -2.17. The number of nitrogens with zero attached hydrogens (tertiary/aromatic N) is 1. The first kappa shape index (κ1) is 23.6. The summed E-state index contributed by atoms with van der Waals surface area (Å²) in [5.74, 6) is 0.307. The summed E-state index contributed by atoms with van der Waals surface area (Å²) in [4.78, 5) is 29.4. The Labute approximate surface area is 195 Å². The average Bonchev–Trinajstić information content (AvgIpc) is 3.17. The molecule has 0 bridgehead atoms. The third kappa shape index (κ3) is 6.21. The third-order valence-electron chi connectivity index (χ3n) is 4.52. The van der Waals surface area contributed by atoms with Crippen molar-refractivity contribution >= 4 is 34.8 Å². The van der Waals surface area contributed by atoms with E-state index in [4.69, 9.17) is 25.8 Å². The van der Waals surface area contributed by atoms with Gasteiger partial charge in [0.1, 0.15) is 28.0 Å². The summed E-state index contributed by atoms with van der Waals surface area (Å²) in [6.07, 6.45) is 0. The number of hydrogen-bond donors (Lipinski definition) is 1. The Morgan fingerprint density at radius 1 is 1.16 bits per heavy atom.